The second-order valence-corrected chi connectivity index (χ2v) is 5.12. The largest absolute Gasteiger partial charge is 0.324 e. The van der Waals surface area contributed by atoms with Crippen LogP contribution in [0, 0.1) is 6.92 Å². The maximum Gasteiger partial charge on any atom is 0.271 e. The second-order valence-electron chi connectivity index (χ2n) is 5.12. The molecule has 0 spiro atoms. The Morgan fingerprint density at radius 2 is 1.91 bits per heavy atom. The number of pyridine rings is 1. The van der Waals surface area contributed by atoms with Gasteiger partial charge in [0.1, 0.15) is 0 Å². The Balaban J connectivity index is 1.86. The van der Waals surface area contributed by atoms with E-state index in [0.29, 0.717) is 17.0 Å². The fraction of sp³-hybridized carbons (Fsp3) is 0.176. The van der Waals surface area contributed by atoms with E-state index in [2.05, 4.69) is 20.8 Å². The number of benzene rings is 1. The second kappa shape index (κ2) is 7.84. The summed E-state index contributed by atoms with van der Waals surface area (Å²) in [4.78, 5) is 27.7. The molecular weight excluding hydrogens is 292 g/mol. The van der Waals surface area contributed by atoms with Crippen LogP contribution in [0.25, 0.3) is 0 Å². The lowest BCUT2D eigenvalue weighted by molar-refractivity contribution is -0.115. The molecule has 0 aliphatic carbocycles. The summed E-state index contributed by atoms with van der Waals surface area (Å²) in [6, 6.07) is 10.6. The van der Waals surface area contributed by atoms with Gasteiger partial charge in [-0.25, -0.2) is 5.43 Å². The molecule has 1 heterocycles. The van der Waals surface area contributed by atoms with Crippen molar-refractivity contribution in [3.63, 3.8) is 0 Å². The molecule has 0 aliphatic heterocycles. The molecule has 0 unspecified atom stereocenters. The summed E-state index contributed by atoms with van der Waals surface area (Å²) in [6.45, 7) is 3.63. The zero-order chi connectivity index (χ0) is 16.7. The number of nitrogens with one attached hydrogen (secondary N) is 2. The minimum atomic E-state index is -0.308. The molecule has 2 N–H and O–H groups in total. The average molecular weight is 310 g/mol. The van der Waals surface area contributed by atoms with Gasteiger partial charge in [0.05, 0.1) is 18.3 Å². The Bertz CT molecular complexity index is 709. The first-order valence-electron chi connectivity index (χ1n) is 7.14. The van der Waals surface area contributed by atoms with Crippen molar-refractivity contribution < 1.29 is 9.59 Å². The minimum Gasteiger partial charge on any atom is -0.324 e. The van der Waals surface area contributed by atoms with Crippen molar-refractivity contribution in [3.05, 3.63) is 59.9 Å². The number of hydrazone groups is 1. The van der Waals surface area contributed by atoms with E-state index >= 15 is 0 Å². The van der Waals surface area contributed by atoms with Crippen LogP contribution in [-0.4, -0.2) is 22.5 Å². The number of aromatic nitrogens is 1. The molecule has 0 atom stereocenters. The van der Waals surface area contributed by atoms with E-state index in [-0.39, 0.29) is 18.2 Å². The lowest BCUT2D eigenvalue weighted by Crippen LogP contribution is -2.21. The first-order valence-corrected chi connectivity index (χ1v) is 7.14. The normalized spacial score (nSPS) is 11.0. The van der Waals surface area contributed by atoms with Crippen LogP contribution in [0.15, 0.2) is 53.9 Å². The fourth-order valence-electron chi connectivity index (χ4n) is 1.83. The molecule has 0 fully saturated rings. The minimum absolute atomic E-state index is 0.0864. The third-order valence-corrected chi connectivity index (χ3v) is 3.02. The fourth-order valence-corrected chi connectivity index (χ4v) is 1.83. The first-order chi connectivity index (χ1) is 11.0. The highest BCUT2D eigenvalue weighted by atomic mass is 16.2. The van der Waals surface area contributed by atoms with Crippen molar-refractivity contribution in [2.75, 3.05) is 5.32 Å². The monoisotopic (exact) mass is 310 g/mol. The van der Waals surface area contributed by atoms with Crippen LogP contribution in [0.3, 0.4) is 0 Å². The van der Waals surface area contributed by atoms with Gasteiger partial charge in [-0.3, -0.25) is 14.6 Å². The van der Waals surface area contributed by atoms with E-state index < -0.39 is 0 Å². The number of hydrogen-bond acceptors (Lipinski definition) is 4. The van der Waals surface area contributed by atoms with E-state index in [1.54, 1.807) is 43.6 Å². The summed E-state index contributed by atoms with van der Waals surface area (Å²) in [6.07, 6.45) is 3.27. The molecule has 0 saturated heterocycles. The summed E-state index contributed by atoms with van der Waals surface area (Å²) in [5, 5.41) is 6.65. The molecule has 0 radical (unpaired) electrons. The van der Waals surface area contributed by atoms with Crippen molar-refractivity contribution in [1.82, 2.24) is 10.4 Å². The summed E-state index contributed by atoms with van der Waals surface area (Å²) in [5.41, 5.74) is 5.17. The van der Waals surface area contributed by atoms with Gasteiger partial charge in [-0.2, -0.15) is 5.10 Å². The third-order valence-electron chi connectivity index (χ3n) is 3.02. The van der Waals surface area contributed by atoms with Crippen LogP contribution in [0.5, 0.6) is 0 Å². The molecule has 6 heteroatoms. The van der Waals surface area contributed by atoms with E-state index in [1.165, 1.54) is 0 Å². The van der Waals surface area contributed by atoms with Crippen molar-refractivity contribution in [3.8, 4) is 0 Å². The summed E-state index contributed by atoms with van der Waals surface area (Å²) in [5.74, 6) is -0.527. The third kappa shape index (κ3) is 5.35. The first kappa shape index (κ1) is 16.4. The van der Waals surface area contributed by atoms with Gasteiger partial charge in [0.15, 0.2) is 0 Å². The predicted octanol–water partition coefficient (Wildman–Crippen LogP) is 2.52. The van der Waals surface area contributed by atoms with E-state index in [9.17, 15) is 9.59 Å². The number of nitrogens with zero attached hydrogens (tertiary/aromatic N) is 2. The number of carbonyl (C=O) groups is 2. The lowest BCUT2D eigenvalue weighted by Gasteiger charge is -2.05. The molecule has 118 valence electrons. The number of anilines is 1. The highest BCUT2D eigenvalue weighted by molar-refractivity contribution is 6.06. The Hall–Kier alpha value is -3.02. The molecular formula is C17H18N4O2. The zero-order valence-electron chi connectivity index (χ0n) is 13.0. The van der Waals surface area contributed by atoms with Crippen molar-refractivity contribution >= 4 is 23.2 Å². The quantitative estimate of drug-likeness (QED) is 0.657. The van der Waals surface area contributed by atoms with Crippen LogP contribution < -0.4 is 10.7 Å². The Labute approximate surface area is 134 Å². The maximum absolute atomic E-state index is 11.9. The van der Waals surface area contributed by atoms with Crippen LogP contribution in [0.2, 0.25) is 0 Å². The van der Waals surface area contributed by atoms with Crippen LogP contribution in [0.1, 0.15) is 29.3 Å². The van der Waals surface area contributed by atoms with Crippen LogP contribution >= 0.6 is 0 Å². The van der Waals surface area contributed by atoms with E-state index in [0.717, 1.165) is 5.56 Å². The van der Waals surface area contributed by atoms with Gasteiger partial charge in [0, 0.05) is 17.5 Å². The average Bonchev–Trinajstić information content (AvgIpc) is 2.54. The highest BCUT2D eigenvalue weighted by Crippen LogP contribution is 2.04. The number of carbonyl (C=O) groups excluding carboxylic acids is 2. The Kier molecular flexibility index (Phi) is 5.57. The van der Waals surface area contributed by atoms with Crippen molar-refractivity contribution in [1.29, 1.82) is 0 Å². The number of rotatable bonds is 5. The lowest BCUT2D eigenvalue weighted by atomic mass is 10.1. The topological polar surface area (TPSA) is 83.4 Å². The number of aryl methyl sites for hydroxylation is 1. The van der Waals surface area contributed by atoms with Gasteiger partial charge in [0.25, 0.3) is 5.91 Å². The molecule has 23 heavy (non-hydrogen) atoms. The van der Waals surface area contributed by atoms with Crippen LogP contribution in [0.4, 0.5) is 5.69 Å². The molecule has 0 aliphatic rings. The summed E-state index contributed by atoms with van der Waals surface area (Å²) in [7, 11) is 0. The van der Waals surface area contributed by atoms with Gasteiger partial charge < -0.3 is 5.32 Å². The molecule has 0 saturated carbocycles. The van der Waals surface area contributed by atoms with E-state index in [1.807, 2.05) is 19.1 Å². The van der Waals surface area contributed by atoms with Crippen LogP contribution in [-0.2, 0) is 4.79 Å². The molecule has 2 aromatic rings. The molecule has 6 nitrogen and oxygen atoms in total. The van der Waals surface area contributed by atoms with Gasteiger partial charge in [-0.05, 0) is 38.1 Å². The summed E-state index contributed by atoms with van der Waals surface area (Å²) < 4.78 is 0. The zero-order valence-corrected chi connectivity index (χ0v) is 13.0. The predicted molar refractivity (Wildman–Crippen MR) is 89.2 cm³/mol. The SMILES string of the molecule is C/C(CC(=O)Nc1cccnc1)=N/NC(=O)c1ccc(C)cc1. The van der Waals surface area contributed by atoms with Gasteiger partial charge >= 0.3 is 0 Å². The van der Waals surface area contributed by atoms with Crippen molar-refractivity contribution in [2.45, 2.75) is 20.3 Å². The Morgan fingerprint density at radius 3 is 2.57 bits per heavy atom. The standard InChI is InChI=1S/C17H18N4O2/c1-12-5-7-14(8-6-12)17(23)21-20-13(2)10-16(22)19-15-4-3-9-18-11-15/h3-9,11H,10H2,1-2H3,(H,19,22)(H,21,23)/b20-13-. The molecule has 2 amide bonds. The maximum atomic E-state index is 11.9. The number of hydrogen-bond donors (Lipinski definition) is 2. The summed E-state index contributed by atoms with van der Waals surface area (Å²) >= 11 is 0. The van der Waals surface area contributed by atoms with Gasteiger partial charge in [-0.15, -0.1) is 0 Å². The highest BCUT2D eigenvalue weighted by Gasteiger charge is 2.07. The van der Waals surface area contributed by atoms with Gasteiger partial charge in [-0.1, -0.05) is 17.7 Å². The Morgan fingerprint density at radius 1 is 1.17 bits per heavy atom. The number of amides is 2. The molecule has 0 bridgehead atoms. The van der Waals surface area contributed by atoms with Crippen molar-refractivity contribution in [2.24, 2.45) is 5.10 Å². The van der Waals surface area contributed by atoms with E-state index in [4.69, 9.17) is 0 Å². The molecule has 2 rings (SSSR count). The smallest absolute Gasteiger partial charge is 0.271 e. The molecule has 1 aromatic heterocycles. The molecule has 1 aromatic carbocycles. The van der Waals surface area contributed by atoms with Gasteiger partial charge in [0.2, 0.25) is 5.91 Å².